The highest BCUT2D eigenvalue weighted by molar-refractivity contribution is 6.31. The number of carbonyl (C=O) groups is 1. The number of hydrogen-bond donors (Lipinski definition) is 1. The summed E-state index contributed by atoms with van der Waals surface area (Å²) < 4.78 is 15.7. The van der Waals surface area contributed by atoms with Crippen LogP contribution in [0.5, 0.6) is 0 Å². The summed E-state index contributed by atoms with van der Waals surface area (Å²) in [6.45, 7) is 0. The number of amides is 1. The van der Waals surface area contributed by atoms with Gasteiger partial charge in [-0.15, -0.1) is 0 Å². The van der Waals surface area contributed by atoms with Crippen molar-refractivity contribution in [2.24, 2.45) is 7.05 Å². The molecule has 122 valence electrons. The van der Waals surface area contributed by atoms with Gasteiger partial charge in [-0.2, -0.15) is 0 Å². The minimum atomic E-state index is -0.659. The molecule has 1 heterocycles. The largest absolute Gasteiger partial charge is 0.337 e. The molecule has 2 aromatic carbocycles. The Morgan fingerprint density at radius 3 is 2.71 bits per heavy atom. The summed E-state index contributed by atoms with van der Waals surface area (Å²) in [7, 11) is 1.82. The second kappa shape index (κ2) is 6.84. The van der Waals surface area contributed by atoms with Gasteiger partial charge in [0.15, 0.2) is 5.82 Å². The Morgan fingerprint density at radius 1 is 1.21 bits per heavy atom. The van der Waals surface area contributed by atoms with Gasteiger partial charge in [0.25, 0.3) is 5.91 Å². The van der Waals surface area contributed by atoms with Crippen LogP contribution < -0.4 is 5.32 Å². The molecular formula is C18H15ClFN3O. The lowest BCUT2D eigenvalue weighted by molar-refractivity contribution is 0.102. The van der Waals surface area contributed by atoms with E-state index >= 15 is 0 Å². The summed E-state index contributed by atoms with van der Waals surface area (Å²) in [5, 5.41) is 2.45. The van der Waals surface area contributed by atoms with E-state index in [-0.39, 0.29) is 16.4 Å². The normalized spacial score (nSPS) is 10.6. The van der Waals surface area contributed by atoms with Crippen LogP contribution in [-0.2, 0) is 13.5 Å². The lowest BCUT2D eigenvalue weighted by Crippen LogP contribution is -2.13. The molecular weight excluding hydrogens is 329 g/mol. The first-order valence-electron chi connectivity index (χ1n) is 7.36. The summed E-state index contributed by atoms with van der Waals surface area (Å²) in [6.07, 6.45) is 2.23. The van der Waals surface area contributed by atoms with Gasteiger partial charge in [0.05, 0.1) is 10.7 Å². The van der Waals surface area contributed by atoms with E-state index in [1.54, 1.807) is 16.8 Å². The Bertz CT molecular complexity index is 877. The maximum absolute atomic E-state index is 13.9. The van der Waals surface area contributed by atoms with E-state index in [2.05, 4.69) is 10.3 Å². The van der Waals surface area contributed by atoms with Crippen molar-refractivity contribution < 1.29 is 9.18 Å². The second-order valence-electron chi connectivity index (χ2n) is 5.37. The Balaban J connectivity index is 1.79. The first-order chi connectivity index (χ1) is 11.5. The number of anilines is 1. The molecule has 0 saturated carbocycles. The lowest BCUT2D eigenvalue weighted by Gasteiger charge is -2.05. The van der Waals surface area contributed by atoms with Crippen LogP contribution in [0.4, 0.5) is 10.1 Å². The van der Waals surface area contributed by atoms with E-state index in [0.29, 0.717) is 6.42 Å². The number of rotatable bonds is 4. The predicted molar refractivity (Wildman–Crippen MR) is 91.8 cm³/mol. The van der Waals surface area contributed by atoms with Crippen molar-refractivity contribution in [1.82, 2.24) is 9.55 Å². The fraction of sp³-hybridized carbons (Fsp3) is 0.111. The van der Waals surface area contributed by atoms with Crippen molar-refractivity contribution >= 4 is 23.2 Å². The monoisotopic (exact) mass is 343 g/mol. The molecule has 3 aromatic rings. The predicted octanol–water partition coefficient (Wildman–Crippen LogP) is 4.06. The summed E-state index contributed by atoms with van der Waals surface area (Å²) in [4.78, 5) is 16.6. The molecule has 0 spiro atoms. The number of halogens is 2. The van der Waals surface area contributed by atoms with Crippen molar-refractivity contribution in [3.8, 4) is 0 Å². The fourth-order valence-corrected chi connectivity index (χ4v) is 2.52. The van der Waals surface area contributed by atoms with Gasteiger partial charge in [0.2, 0.25) is 0 Å². The molecule has 0 aliphatic heterocycles. The number of imidazole rings is 1. The number of hydrogen-bond acceptors (Lipinski definition) is 2. The zero-order valence-corrected chi connectivity index (χ0v) is 13.7. The molecule has 1 aromatic heterocycles. The molecule has 0 fully saturated rings. The number of nitrogens with one attached hydrogen (secondary N) is 1. The zero-order valence-electron chi connectivity index (χ0n) is 13.0. The van der Waals surface area contributed by atoms with Gasteiger partial charge >= 0.3 is 0 Å². The molecule has 4 nitrogen and oxygen atoms in total. The van der Waals surface area contributed by atoms with E-state index in [1.807, 2.05) is 37.4 Å². The molecule has 24 heavy (non-hydrogen) atoms. The number of aryl methyl sites for hydroxylation is 1. The Morgan fingerprint density at radius 2 is 1.96 bits per heavy atom. The van der Waals surface area contributed by atoms with Gasteiger partial charge in [0, 0.05) is 19.7 Å². The first-order valence-corrected chi connectivity index (χ1v) is 7.74. The number of nitrogens with zero attached hydrogens (tertiary/aromatic N) is 2. The van der Waals surface area contributed by atoms with Gasteiger partial charge < -0.3 is 9.88 Å². The van der Waals surface area contributed by atoms with Crippen LogP contribution in [0.3, 0.4) is 0 Å². The minimum absolute atomic E-state index is 0.0303. The van der Waals surface area contributed by atoms with Crippen LogP contribution in [0.25, 0.3) is 0 Å². The van der Waals surface area contributed by atoms with Crippen LogP contribution in [0, 0.1) is 5.82 Å². The summed E-state index contributed by atoms with van der Waals surface area (Å²) in [5.74, 6) is -0.392. The van der Waals surface area contributed by atoms with Crippen molar-refractivity contribution in [2.75, 3.05) is 5.32 Å². The van der Waals surface area contributed by atoms with E-state index in [0.717, 1.165) is 11.4 Å². The smallest absolute Gasteiger partial charge is 0.275 e. The standard InChI is InChI=1S/C18H15ClFN3O/c1-23-11-15(21-16(23)10-12-6-3-2-4-7-12)18(24)22-14-9-5-8-13(19)17(14)20/h2-9,11H,10H2,1H3,(H,22,24). The zero-order chi connectivity index (χ0) is 17.1. The number of aromatic nitrogens is 2. The highest BCUT2D eigenvalue weighted by atomic mass is 35.5. The summed E-state index contributed by atoms with van der Waals surface area (Å²) >= 11 is 5.72. The molecule has 0 saturated heterocycles. The van der Waals surface area contributed by atoms with Gasteiger partial charge in [0.1, 0.15) is 11.5 Å². The fourth-order valence-electron chi connectivity index (χ4n) is 2.34. The van der Waals surface area contributed by atoms with E-state index in [1.165, 1.54) is 12.1 Å². The van der Waals surface area contributed by atoms with Crippen LogP contribution in [-0.4, -0.2) is 15.5 Å². The van der Waals surface area contributed by atoms with Crippen molar-refractivity contribution in [2.45, 2.75) is 6.42 Å². The maximum atomic E-state index is 13.9. The summed E-state index contributed by atoms with van der Waals surface area (Å²) in [6, 6.07) is 14.3. The molecule has 0 bridgehead atoms. The first kappa shape index (κ1) is 16.2. The van der Waals surface area contributed by atoms with Crippen LogP contribution >= 0.6 is 11.6 Å². The molecule has 0 unspecified atom stereocenters. The van der Waals surface area contributed by atoms with E-state index in [4.69, 9.17) is 11.6 Å². The van der Waals surface area contributed by atoms with Crippen LogP contribution in [0.1, 0.15) is 21.9 Å². The van der Waals surface area contributed by atoms with Crippen LogP contribution in [0.15, 0.2) is 54.7 Å². The Labute approximate surface area is 143 Å². The van der Waals surface area contributed by atoms with Crippen LogP contribution in [0.2, 0.25) is 5.02 Å². The minimum Gasteiger partial charge on any atom is -0.337 e. The highest BCUT2D eigenvalue weighted by Gasteiger charge is 2.15. The summed E-state index contributed by atoms with van der Waals surface area (Å²) in [5.41, 5.74) is 1.35. The third-order valence-electron chi connectivity index (χ3n) is 3.61. The molecule has 0 atom stereocenters. The molecule has 1 N–H and O–H groups in total. The molecule has 0 aliphatic rings. The Hall–Kier alpha value is -2.66. The quantitative estimate of drug-likeness (QED) is 0.776. The average molecular weight is 344 g/mol. The molecule has 0 aliphatic carbocycles. The number of benzene rings is 2. The molecule has 6 heteroatoms. The topological polar surface area (TPSA) is 46.9 Å². The Kier molecular flexibility index (Phi) is 4.62. The molecule has 0 radical (unpaired) electrons. The number of carbonyl (C=O) groups excluding carboxylic acids is 1. The van der Waals surface area contributed by atoms with Gasteiger partial charge in [-0.1, -0.05) is 48.0 Å². The third kappa shape index (κ3) is 3.46. The van der Waals surface area contributed by atoms with Crippen molar-refractivity contribution in [1.29, 1.82) is 0 Å². The third-order valence-corrected chi connectivity index (χ3v) is 3.90. The molecule has 1 amide bonds. The SMILES string of the molecule is Cn1cc(C(=O)Nc2cccc(Cl)c2F)nc1Cc1ccccc1. The highest BCUT2D eigenvalue weighted by Crippen LogP contribution is 2.22. The van der Waals surface area contributed by atoms with Gasteiger partial charge in [-0.25, -0.2) is 9.37 Å². The molecule has 3 rings (SSSR count). The van der Waals surface area contributed by atoms with Crippen molar-refractivity contribution in [3.05, 3.63) is 82.6 Å². The van der Waals surface area contributed by atoms with Gasteiger partial charge in [-0.3, -0.25) is 4.79 Å². The van der Waals surface area contributed by atoms with E-state index < -0.39 is 11.7 Å². The average Bonchev–Trinajstić information content (AvgIpc) is 2.94. The second-order valence-corrected chi connectivity index (χ2v) is 5.78. The maximum Gasteiger partial charge on any atom is 0.275 e. The lowest BCUT2D eigenvalue weighted by atomic mass is 10.1. The van der Waals surface area contributed by atoms with Crippen molar-refractivity contribution in [3.63, 3.8) is 0 Å². The van der Waals surface area contributed by atoms with E-state index in [9.17, 15) is 9.18 Å². The van der Waals surface area contributed by atoms with Gasteiger partial charge in [-0.05, 0) is 17.7 Å².